The van der Waals surface area contributed by atoms with Gasteiger partial charge in [0.05, 0.1) is 29.8 Å². The summed E-state index contributed by atoms with van der Waals surface area (Å²) in [6.07, 6.45) is 2.12. The molecule has 0 aliphatic heterocycles. The van der Waals surface area contributed by atoms with Crippen molar-refractivity contribution in [3.8, 4) is 16.9 Å². The molecular weight excluding hydrogens is 538 g/mol. The summed E-state index contributed by atoms with van der Waals surface area (Å²) in [6.45, 7) is 7.60. The Bertz CT molecular complexity index is 1890. The number of amides is 1. The minimum atomic E-state index is -3.81. The highest BCUT2D eigenvalue weighted by Crippen LogP contribution is 2.32. The fourth-order valence-corrected chi connectivity index (χ4v) is 6.40. The van der Waals surface area contributed by atoms with Crippen molar-refractivity contribution in [2.45, 2.75) is 39.1 Å². The molecule has 0 aliphatic carbocycles. The summed E-state index contributed by atoms with van der Waals surface area (Å²) in [7, 11) is -2.23. The maximum atomic E-state index is 13.5. The van der Waals surface area contributed by atoms with Crippen LogP contribution >= 0.6 is 0 Å². The van der Waals surface area contributed by atoms with E-state index in [1.54, 1.807) is 62.0 Å². The second-order valence-electron chi connectivity index (χ2n) is 10.2. The van der Waals surface area contributed by atoms with Gasteiger partial charge in [-0.2, -0.15) is 0 Å². The first-order valence-electron chi connectivity index (χ1n) is 13.0. The number of carbonyl (C=O) groups is 1. The van der Waals surface area contributed by atoms with Gasteiger partial charge < -0.3 is 9.84 Å². The van der Waals surface area contributed by atoms with Crippen LogP contribution in [-0.4, -0.2) is 35.7 Å². The molecule has 1 amide bonds. The van der Waals surface area contributed by atoms with Crippen molar-refractivity contribution in [3.05, 3.63) is 107 Å². The van der Waals surface area contributed by atoms with Crippen LogP contribution in [0.25, 0.3) is 22.0 Å². The number of fused-ring (bicyclic) bond motifs is 1. The van der Waals surface area contributed by atoms with E-state index in [-0.39, 0.29) is 11.4 Å². The molecular formula is C32H31N3O5S. The van der Waals surface area contributed by atoms with Gasteiger partial charge in [0.2, 0.25) is 0 Å². The summed E-state index contributed by atoms with van der Waals surface area (Å²) in [6, 6.07) is 19.7. The fraction of sp³-hybridized carbons (Fsp3) is 0.188. The predicted octanol–water partition coefficient (Wildman–Crippen LogP) is 6.87. The average Bonchev–Trinajstić information content (AvgIpc) is 3.37. The largest absolute Gasteiger partial charge is 0.496 e. The topological polar surface area (TPSA) is 102 Å². The van der Waals surface area contributed by atoms with Crippen molar-refractivity contribution in [2.75, 3.05) is 12.0 Å². The number of anilines is 1. The minimum absolute atomic E-state index is 0.0391. The van der Waals surface area contributed by atoms with Gasteiger partial charge >= 0.3 is 6.09 Å². The molecule has 8 nitrogen and oxygen atoms in total. The van der Waals surface area contributed by atoms with Gasteiger partial charge in [-0.05, 0) is 80.8 Å². The molecule has 0 bridgehead atoms. The van der Waals surface area contributed by atoms with Crippen molar-refractivity contribution in [1.82, 2.24) is 8.96 Å². The van der Waals surface area contributed by atoms with Crippen molar-refractivity contribution in [1.29, 1.82) is 0 Å². The second kappa shape index (κ2) is 10.7. The molecule has 41 heavy (non-hydrogen) atoms. The number of pyridine rings is 1. The molecule has 0 saturated carbocycles. The summed E-state index contributed by atoms with van der Waals surface area (Å²) in [5.41, 5.74) is 6.63. The van der Waals surface area contributed by atoms with Crippen molar-refractivity contribution in [2.24, 2.45) is 0 Å². The van der Waals surface area contributed by atoms with Crippen LogP contribution in [0.5, 0.6) is 5.75 Å². The highest BCUT2D eigenvalue weighted by Gasteiger charge is 2.22. The standard InChI is InChI=1S/C32H31N3O5S/c1-20-6-10-28(11-7-20)41(38,39)35-13-12-24-8-9-25(17-30(24)35)26-14-21(2)15-27(16-26)34(32(36)37)19-29-23(4)31(40-5)22(3)18-33-29/h6-18H,19H2,1-5H3,(H,36,37). The van der Waals surface area contributed by atoms with Crippen LogP contribution in [0.3, 0.4) is 0 Å². The van der Waals surface area contributed by atoms with E-state index in [0.29, 0.717) is 22.6 Å². The van der Waals surface area contributed by atoms with Crippen LogP contribution in [0.15, 0.2) is 84.0 Å². The van der Waals surface area contributed by atoms with Gasteiger partial charge in [0.25, 0.3) is 10.0 Å². The Labute approximate surface area is 239 Å². The molecule has 0 fully saturated rings. The summed E-state index contributed by atoms with van der Waals surface area (Å²) in [4.78, 5) is 18.4. The molecule has 5 aromatic rings. The van der Waals surface area contributed by atoms with Gasteiger partial charge in [-0.15, -0.1) is 0 Å². The SMILES string of the molecule is COc1c(C)cnc(CN(C(=O)O)c2cc(C)cc(-c3ccc4ccn(S(=O)(=O)c5ccc(C)cc5)c4c3)c2)c1C. The third-order valence-electron chi connectivity index (χ3n) is 7.23. The minimum Gasteiger partial charge on any atom is -0.496 e. The number of nitrogens with zero attached hydrogens (tertiary/aromatic N) is 3. The van der Waals surface area contributed by atoms with E-state index in [1.165, 1.54) is 8.87 Å². The number of methoxy groups -OCH3 is 1. The van der Waals surface area contributed by atoms with Crippen molar-refractivity contribution < 1.29 is 23.1 Å². The average molecular weight is 570 g/mol. The van der Waals surface area contributed by atoms with Gasteiger partial charge in [-0.3, -0.25) is 9.88 Å². The van der Waals surface area contributed by atoms with Crippen LogP contribution in [0, 0.1) is 27.7 Å². The quantitative estimate of drug-likeness (QED) is 0.230. The number of hydrogen-bond acceptors (Lipinski definition) is 5. The van der Waals surface area contributed by atoms with Crippen LogP contribution in [0.2, 0.25) is 0 Å². The molecule has 0 spiro atoms. The maximum Gasteiger partial charge on any atom is 0.412 e. The first-order valence-corrected chi connectivity index (χ1v) is 14.5. The van der Waals surface area contributed by atoms with E-state index >= 15 is 0 Å². The Morgan fingerprint density at radius 2 is 1.66 bits per heavy atom. The van der Waals surface area contributed by atoms with Gasteiger partial charge in [0, 0.05) is 34.6 Å². The fourth-order valence-electron chi connectivity index (χ4n) is 5.05. The lowest BCUT2D eigenvalue weighted by Crippen LogP contribution is -2.29. The van der Waals surface area contributed by atoms with Crippen LogP contribution < -0.4 is 9.64 Å². The molecule has 0 saturated heterocycles. The van der Waals surface area contributed by atoms with E-state index in [9.17, 15) is 18.3 Å². The number of aryl methyl sites for hydroxylation is 3. The Morgan fingerprint density at radius 3 is 2.34 bits per heavy atom. The second-order valence-corrected chi connectivity index (χ2v) is 12.0. The Balaban J connectivity index is 1.56. The van der Waals surface area contributed by atoms with Gasteiger partial charge in [0.15, 0.2) is 0 Å². The molecule has 0 unspecified atom stereocenters. The molecule has 5 rings (SSSR count). The maximum absolute atomic E-state index is 13.5. The normalized spacial score (nSPS) is 11.5. The molecule has 0 atom stereocenters. The third kappa shape index (κ3) is 5.28. The first kappa shape index (κ1) is 27.9. The molecule has 9 heteroatoms. The lowest BCUT2D eigenvalue weighted by Gasteiger charge is -2.22. The van der Waals surface area contributed by atoms with Crippen LogP contribution in [-0.2, 0) is 16.6 Å². The molecule has 0 radical (unpaired) electrons. The zero-order valence-electron chi connectivity index (χ0n) is 23.5. The number of benzene rings is 3. The molecule has 1 N–H and O–H groups in total. The summed E-state index contributed by atoms with van der Waals surface area (Å²) >= 11 is 0. The van der Waals surface area contributed by atoms with E-state index in [2.05, 4.69) is 4.98 Å². The Hall–Kier alpha value is -4.63. The molecule has 3 aromatic carbocycles. The van der Waals surface area contributed by atoms with Crippen molar-refractivity contribution >= 4 is 32.7 Å². The van der Waals surface area contributed by atoms with E-state index in [0.717, 1.165) is 38.8 Å². The Kier molecular flexibility index (Phi) is 7.31. The van der Waals surface area contributed by atoms with Crippen LogP contribution in [0.4, 0.5) is 10.5 Å². The molecule has 210 valence electrons. The van der Waals surface area contributed by atoms with E-state index < -0.39 is 16.1 Å². The number of ether oxygens (including phenoxy) is 1. The number of rotatable bonds is 7. The number of aromatic nitrogens is 2. The monoisotopic (exact) mass is 569 g/mol. The smallest absolute Gasteiger partial charge is 0.412 e. The number of carboxylic acid groups (broad SMARTS) is 1. The van der Waals surface area contributed by atoms with E-state index in [4.69, 9.17) is 4.74 Å². The van der Waals surface area contributed by atoms with Crippen LogP contribution in [0.1, 0.15) is 27.9 Å². The lowest BCUT2D eigenvalue weighted by atomic mass is 10.0. The highest BCUT2D eigenvalue weighted by atomic mass is 32.2. The lowest BCUT2D eigenvalue weighted by molar-refractivity contribution is 0.201. The summed E-state index contributed by atoms with van der Waals surface area (Å²) in [5.74, 6) is 0.683. The van der Waals surface area contributed by atoms with E-state index in [1.807, 2.05) is 52.0 Å². The molecule has 2 heterocycles. The molecule has 0 aliphatic rings. The molecule has 2 aromatic heterocycles. The number of hydrogen-bond donors (Lipinski definition) is 1. The predicted molar refractivity (Wildman–Crippen MR) is 160 cm³/mol. The zero-order chi connectivity index (χ0) is 29.5. The Morgan fingerprint density at radius 1 is 0.927 bits per heavy atom. The first-order chi connectivity index (χ1) is 19.5. The highest BCUT2D eigenvalue weighted by molar-refractivity contribution is 7.90. The van der Waals surface area contributed by atoms with Gasteiger partial charge in [-0.25, -0.2) is 17.2 Å². The third-order valence-corrected chi connectivity index (χ3v) is 8.94. The van der Waals surface area contributed by atoms with Crippen molar-refractivity contribution in [3.63, 3.8) is 0 Å². The summed E-state index contributed by atoms with van der Waals surface area (Å²) < 4.78 is 33.8. The zero-order valence-corrected chi connectivity index (χ0v) is 24.4. The van der Waals surface area contributed by atoms with Gasteiger partial charge in [0.1, 0.15) is 5.75 Å². The van der Waals surface area contributed by atoms with Gasteiger partial charge in [-0.1, -0.05) is 35.9 Å². The summed E-state index contributed by atoms with van der Waals surface area (Å²) in [5, 5.41) is 11.0.